The van der Waals surface area contributed by atoms with Crippen molar-refractivity contribution in [3.8, 4) is 0 Å². The number of piperazine rings is 1. The minimum atomic E-state index is -4.58. The molecule has 0 bridgehead atoms. The highest BCUT2D eigenvalue weighted by Crippen LogP contribution is 2.34. The summed E-state index contributed by atoms with van der Waals surface area (Å²) in [6.45, 7) is 2.88. The molecule has 2 rings (SSSR count). The monoisotopic (exact) mass is 422 g/mol. The van der Waals surface area contributed by atoms with Gasteiger partial charge in [0.05, 0.1) is 10.5 Å². The average Bonchev–Trinajstić information content (AvgIpc) is 2.37. The third-order valence-electron chi connectivity index (χ3n) is 3.29. The van der Waals surface area contributed by atoms with Gasteiger partial charge in [-0.3, -0.25) is 0 Å². The van der Waals surface area contributed by atoms with Crippen LogP contribution in [0.2, 0.25) is 0 Å². The van der Waals surface area contributed by atoms with Crippen molar-refractivity contribution in [2.24, 2.45) is 0 Å². The van der Waals surface area contributed by atoms with E-state index < -0.39 is 21.8 Å². The molecule has 1 saturated heterocycles. The molecule has 0 spiro atoms. The van der Waals surface area contributed by atoms with Crippen molar-refractivity contribution in [1.29, 1.82) is 0 Å². The lowest BCUT2D eigenvalue weighted by atomic mass is 10.2. The minimum Gasteiger partial charge on any atom is -0.314 e. The predicted molar refractivity (Wildman–Crippen MR) is 82.6 cm³/mol. The normalized spacial score (nSPS) is 20.5. The third kappa shape index (κ3) is 3.94. The molecule has 1 aliphatic rings. The summed E-state index contributed by atoms with van der Waals surface area (Å²) in [4.78, 5) is -0.355. The number of alkyl halides is 3. The van der Waals surface area contributed by atoms with Gasteiger partial charge in [-0.15, -0.1) is 12.4 Å². The molecule has 1 aromatic carbocycles. The second-order valence-electron chi connectivity index (χ2n) is 4.81. The van der Waals surface area contributed by atoms with Crippen LogP contribution < -0.4 is 5.32 Å². The zero-order valence-electron chi connectivity index (χ0n) is 11.5. The lowest BCUT2D eigenvalue weighted by molar-refractivity contribution is -0.137. The van der Waals surface area contributed by atoms with Crippen molar-refractivity contribution < 1.29 is 21.6 Å². The standard InChI is InChI=1S/C12H14BrF3N2O2S.ClH/c1-8-7-17-4-5-18(8)21(19,20)11-6-9(12(14,15)16)2-3-10(11)13;/h2-3,6,8,17H,4-5,7H2,1H3;1H. The van der Waals surface area contributed by atoms with Crippen molar-refractivity contribution in [1.82, 2.24) is 9.62 Å². The topological polar surface area (TPSA) is 49.4 Å². The lowest BCUT2D eigenvalue weighted by Crippen LogP contribution is -2.52. The van der Waals surface area contributed by atoms with E-state index in [4.69, 9.17) is 0 Å². The van der Waals surface area contributed by atoms with Gasteiger partial charge in [0, 0.05) is 30.1 Å². The van der Waals surface area contributed by atoms with Crippen molar-refractivity contribution in [3.05, 3.63) is 28.2 Å². The predicted octanol–water partition coefficient (Wildman–Crippen LogP) is 2.87. The summed E-state index contributed by atoms with van der Waals surface area (Å²) in [7, 11) is -3.98. The second kappa shape index (κ2) is 7.04. The molecule has 1 heterocycles. The van der Waals surface area contributed by atoms with E-state index in [0.29, 0.717) is 19.2 Å². The van der Waals surface area contributed by atoms with Crippen LogP contribution in [0.1, 0.15) is 12.5 Å². The van der Waals surface area contributed by atoms with Gasteiger partial charge in [0.1, 0.15) is 0 Å². The average molecular weight is 424 g/mol. The second-order valence-corrected chi connectivity index (χ2v) is 7.53. The molecule has 1 aliphatic heterocycles. The minimum absolute atomic E-state index is 0. The van der Waals surface area contributed by atoms with Crippen molar-refractivity contribution in [2.45, 2.75) is 24.0 Å². The summed E-state index contributed by atoms with van der Waals surface area (Å²) in [6, 6.07) is 2.33. The van der Waals surface area contributed by atoms with Gasteiger partial charge in [-0.05, 0) is 41.1 Å². The first-order valence-corrected chi connectivity index (χ1v) is 8.46. The van der Waals surface area contributed by atoms with E-state index >= 15 is 0 Å². The van der Waals surface area contributed by atoms with Crippen LogP contribution in [0, 0.1) is 0 Å². The highest BCUT2D eigenvalue weighted by molar-refractivity contribution is 9.10. The Bertz CT molecular complexity index is 640. The first-order chi connectivity index (χ1) is 9.64. The molecule has 22 heavy (non-hydrogen) atoms. The van der Waals surface area contributed by atoms with Gasteiger partial charge in [-0.2, -0.15) is 17.5 Å². The molecule has 10 heteroatoms. The molecular formula is C12H15BrClF3N2O2S. The Hall–Kier alpha value is -0.350. The zero-order chi connectivity index (χ0) is 15.8. The largest absolute Gasteiger partial charge is 0.416 e. The SMILES string of the molecule is CC1CNCCN1S(=O)(=O)c1cc(C(F)(F)F)ccc1Br.Cl. The molecule has 1 aromatic rings. The Morgan fingerprint density at radius 1 is 1.36 bits per heavy atom. The number of halogens is 5. The third-order valence-corrected chi connectivity index (χ3v) is 6.29. The highest BCUT2D eigenvalue weighted by atomic mass is 79.9. The van der Waals surface area contributed by atoms with E-state index in [1.54, 1.807) is 6.92 Å². The van der Waals surface area contributed by atoms with Crippen LogP contribution in [0.25, 0.3) is 0 Å². The van der Waals surface area contributed by atoms with Crippen molar-refractivity contribution >= 4 is 38.4 Å². The van der Waals surface area contributed by atoms with E-state index in [-0.39, 0.29) is 34.4 Å². The van der Waals surface area contributed by atoms with E-state index in [2.05, 4.69) is 21.2 Å². The molecule has 0 saturated carbocycles. The molecule has 1 fully saturated rings. The molecule has 4 nitrogen and oxygen atoms in total. The molecule has 1 atom stereocenters. The van der Waals surface area contributed by atoms with E-state index in [1.165, 1.54) is 4.31 Å². The first kappa shape index (κ1) is 19.7. The van der Waals surface area contributed by atoms with Gasteiger partial charge in [0.25, 0.3) is 0 Å². The number of benzene rings is 1. The Labute approximate surface area is 141 Å². The molecule has 0 radical (unpaired) electrons. The fourth-order valence-corrected chi connectivity index (χ4v) is 4.77. The van der Waals surface area contributed by atoms with Gasteiger partial charge < -0.3 is 5.32 Å². The fourth-order valence-electron chi connectivity index (χ4n) is 2.18. The summed E-state index contributed by atoms with van der Waals surface area (Å²) in [5.74, 6) is 0. The quantitative estimate of drug-likeness (QED) is 0.796. The molecule has 0 aromatic heterocycles. The lowest BCUT2D eigenvalue weighted by Gasteiger charge is -2.33. The Kier molecular flexibility index (Phi) is 6.30. The molecule has 1 N–H and O–H groups in total. The summed E-state index contributed by atoms with van der Waals surface area (Å²) in [6.07, 6.45) is -4.58. The Balaban J connectivity index is 0.00000242. The van der Waals surface area contributed by atoms with E-state index in [9.17, 15) is 21.6 Å². The number of hydrogen-bond donors (Lipinski definition) is 1. The number of sulfonamides is 1. The van der Waals surface area contributed by atoms with Gasteiger partial charge in [0.2, 0.25) is 10.0 Å². The molecular weight excluding hydrogens is 409 g/mol. The van der Waals surface area contributed by atoms with Crippen molar-refractivity contribution in [3.63, 3.8) is 0 Å². The number of hydrogen-bond acceptors (Lipinski definition) is 3. The molecule has 0 amide bonds. The maximum atomic E-state index is 12.8. The van der Waals surface area contributed by atoms with Crippen LogP contribution in [0.5, 0.6) is 0 Å². The van der Waals surface area contributed by atoms with Crippen LogP contribution in [0.15, 0.2) is 27.6 Å². The van der Waals surface area contributed by atoms with E-state index in [1.807, 2.05) is 0 Å². The van der Waals surface area contributed by atoms with Gasteiger partial charge in [-0.1, -0.05) is 0 Å². The fraction of sp³-hybridized carbons (Fsp3) is 0.500. The number of nitrogens with zero attached hydrogens (tertiary/aromatic N) is 1. The van der Waals surface area contributed by atoms with Gasteiger partial charge in [0.15, 0.2) is 0 Å². The first-order valence-electron chi connectivity index (χ1n) is 6.23. The van der Waals surface area contributed by atoms with Gasteiger partial charge in [-0.25, -0.2) is 8.42 Å². The summed E-state index contributed by atoms with van der Waals surface area (Å²) in [5, 5.41) is 3.04. The Morgan fingerprint density at radius 3 is 2.55 bits per heavy atom. The van der Waals surface area contributed by atoms with Crippen LogP contribution in [-0.2, 0) is 16.2 Å². The van der Waals surface area contributed by atoms with Crippen LogP contribution in [0.3, 0.4) is 0 Å². The smallest absolute Gasteiger partial charge is 0.314 e. The maximum Gasteiger partial charge on any atom is 0.416 e. The van der Waals surface area contributed by atoms with Crippen LogP contribution in [0.4, 0.5) is 13.2 Å². The van der Waals surface area contributed by atoms with E-state index in [0.717, 1.165) is 12.1 Å². The summed E-state index contributed by atoms with van der Waals surface area (Å²) in [5.41, 5.74) is -0.980. The summed E-state index contributed by atoms with van der Waals surface area (Å²) < 4.78 is 64.9. The van der Waals surface area contributed by atoms with Crippen LogP contribution >= 0.6 is 28.3 Å². The summed E-state index contributed by atoms with van der Waals surface area (Å²) >= 11 is 3.03. The zero-order valence-corrected chi connectivity index (χ0v) is 14.7. The molecule has 126 valence electrons. The molecule has 1 unspecified atom stereocenters. The Morgan fingerprint density at radius 2 is 2.00 bits per heavy atom. The molecule has 0 aliphatic carbocycles. The van der Waals surface area contributed by atoms with Crippen molar-refractivity contribution in [2.75, 3.05) is 19.6 Å². The highest BCUT2D eigenvalue weighted by Gasteiger charge is 2.36. The van der Waals surface area contributed by atoms with Crippen LogP contribution in [-0.4, -0.2) is 38.4 Å². The number of rotatable bonds is 2. The van der Waals surface area contributed by atoms with Gasteiger partial charge >= 0.3 is 6.18 Å². The number of nitrogens with one attached hydrogen (secondary N) is 1. The maximum absolute atomic E-state index is 12.8.